The van der Waals surface area contributed by atoms with Crippen LogP contribution < -0.4 is 0 Å². The maximum Gasteiger partial charge on any atom is 0.248 e. The molecule has 0 aromatic carbocycles. The lowest BCUT2D eigenvalue weighted by Gasteiger charge is -2.30. The van der Waals surface area contributed by atoms with Crippen molar-refractivity contribution in [1.82, 2.24) is 0 Å². The highest BCUT2D eigenvalue weighted by Crippen LogP contribution is 2.38. The van der Waals surface area contributed by atoms with Crippen molar-refractivity contribution < 1.29 is 23.4 Å². The Morgan fingerprint density at radius 1 is 1.33 bits per heavy atom. The van der Waals surface area contributed by atoms with Crippen LogP contribution >= 0.6 is 0 Å². The van der Waals surface area contributed by atoms with Gasteiger partial charge in [0.1, 0.15) is 0 Å². The Bertz CT molecular complexity index is 224. The van der Waals surface area contributed by atoms with E-state index in [0.29, 0.717) is 39.1 Å². The molecule has 1 aliphatic carbocycles. The highest BCUT2D eigenvalue weighted by molar-refractivity contribution is 4.79. The summed E-state index contributed by atoms with van der Waals surface area (Å²) in [7, 11) is 1.60. The molecule has 0 heterocycles. The molecule has 2 unspecified atom stereocenters. The summed E-state index contributed by atoms with van der Waals surface area (Å²) in [5.74, 6) is -2.58. The zero-order chi connectivity index (χ0) is 13.4. The van der Waals surface area contributed by atoms with Gasteiger partial charge in [0.05, 0.1) is 19.3 Å². The topological polar surface area (TPSA) is 38.7 Å². The first-order valence-electron chi connectivity index (χ1n) is 6.66. The highest BCUT2D eigenvalue weighted by atomic mass is 19.3. The minimum absolute atomic E-state index is 0.000274. The summed E-state index contributed by atoms with van der Waals surface area (Å²) < 4.78 is 36.4. The lowest BCUT2D eigenvalue weighted by Crippen LogP contribution is -2.28. The maximum absolute atomic E-state index is 13.2. The van der Waals surface area contributed by atoms with Gasteiger partial charge in [0.15, 0.2) is 0 Å². The average molecular weight is 266 g/mol. The van der Waals surface area contributed by atoms with Crippen LogP contribution in [0.15, 0.2) is 0 Å². The Labute approximate surface area is 107 Å². The van der Waals surface area contributed by atoms with Crippen molar-refractivity contribution in [3.8, 4) is 0 Å². The predicted octanol–water partition coefficient (Wildman–Crippen LogP) is 2.62. The molecule has 0 aromatic heterocycles. The number of hydrogen-bond acceptors (Lipinski definition) is 3. The van der Waals surface area contributed by atoms with Gasteiger partial charge in [0.2, 0.25) is 5.92 Å². The van der Waals surface area contributed by atoms with Crippen molar-refractivity contribution in [3.05, 3.63) is 0 Å². The van der Waals surface area contributed by atoms with E-state index in [2.05, 4.69) is 0 Å². The molecule has 2 atom stereocenters. The Morgan fingerprint density at radius 3 is 2.78 bits per heavy atom. The monoisotopic (exact) mass is 266 g/mol. The molecule has 0 amide bonds. The number of methoxy groups -OCH3 is 1. The third kappa shape index (κ3) is 6.61. The molecule has 5 heteroatoms. The Balaban J connectivity index is 2.10. The molecule has 0 bridgehead atoms. The molecule has 1 aliphatic rings. The molecule has 18 heavy (non-hydrogen) atoms. The van der Waals surface area contributed by atoms with Crippen molar-refractivity contribution in [2.24, 2.45) is 5.92 Å². The van der Waals surface area contributed by atoms with Crippen LogP contribution in [0.25, 0.3) is 0 Å². The van der Waals surface area contributed by atoms with Crippen LogP contribution in [0.5, 0.6) is 0 Å². The van der Waals surface area contributed by atoms with Gasteiger partial charge in [-0.15, -0.1) is 0 Å². The first-order chi connectivity index (χ1) is 8.53. The van der Waals surface area contributed by atoms with Crippen molar-refractivity contribution in [1.29, 1.82) is 0 Å². The van der Waals surface area contributed by atoms with Crippen LogP contribution in [-0.2, 0) is 9.47 Å². The number of hydrogen-bond donors (Lipinski definition) is 1. The van der Waals surface area contributed by atoms with Gasteiger partial charge in [-0.05, 0) is 31.6 Å². The van der Waals surface area contributed by atoms with Crippen LogP contribution in [0.4, 0.5) is 8.78 Å². The SMILES string of the molecule is COCCOCCC(O)CC1CCCC(F)(F)C1. The number of rotatable bonds is 8. The van der Waals surface area contributed by atoms with Crippen LogP contribution in [0.1, 0.15) is 38.5 Å². The van der Waals surface area contributed by atoms with E-state index in [9.17, 15) is 13.9 Å². The molecule has 0 aromatic rings. The normalized spacial score (nSPS) is 25.0. The van der Waals surface area contributed by atoms with E-state index >= 15 is 0 Å². The standard InChI is InChI=1S/C13H24F2O3/c1-17-7-8-18-6-4-12(16)9-11-3-2-5-13(14,15)10-11/h11-12,16H,2-10H2,1H3. The van der Waals surface area contributed by atoms with Crippen LogP contribution in [0.2, 0.25) is 0 Å². The molecule has 1 fully saturated rings. The number of aliphatic hydroxyl groups is 1. The molecule has 0 spiro atoms. The van der Waals surface area contributed by atoms with Gasteiger partial charge >= 0.3 is 0 Å². The van der Waals surface area contributed by atoms with Gasteiger partial charge in [-0.25, -0.2) is 8.78 Å². The Kier molecular flexibility index (Phi) is 7.04. The molecular weight excluding hydrogens is 242 g/mol. The van der Waals surface area contributed by atoms with Crippen molar-refractivity contribution in [2.75, 3.05) is 26.9 Å². The summed E-state index contributed by atoms with van der Waals surface area (Å²) in [5.41, 5.74) is 0. The van der Waals surface area contributed by atoms with Gasteiger partial charge < -0.3 is 14.6 Å². The number of halogens is 2. The summed E-state index contributed by atoms with van der Waals surface area (Å²) >= 11 is 0. The fourth-order valence-electron chi connectivity index (χ4n) is 2.44. The minimum Gasteiger partial charge on any atom is -0.393 e. The number of aliphatic hydroxyl groups excluding tert-OH is 1. The van der Waals surface area contributed by atoms with Crippen LogP contribution in [-0.4, -0.2) is 44.1 Å². The van der Waals surface area contributed by atoms with Crippen molar-refractivity contribution in [3.63, 3.8) is 0 Å². The van der Waals surface area contributed by atoms with Crippen LogP contribution in [0.3, 0.4) is 0 Å². The van der Waals surface area contributed by atoms with Gasteiger partial charge in [0, 0.05) is 26.6 Å². The average Bonchev–Trinajstić information content (AvgIpc) is 2.27. The lowest BCUT2D eigenvalue weighted by atomic mass is 9.83. The summed E-state index contributed by atoms with van der Waals surface area (Å²) in [5, 5.41) is 9.77. The second-order valence-electron chi connectivity index (χ2n) is 5.10. The second kappa shape index (κ2) is 8.02. The quantitative estimate of drug-likeness (QED) is 0.686. The lowest BCUT2D eigenvalue weighted by molar-refractivity contribution is -0.0602. The maximum atomic E-state index is 13.2. The zero-order valence-corrected chi connectivity index (χ0v) is 11.0. The molecule has 1 N–H and O–H groups in total. The third-order valence-corrected chi connectivity index (χ3v) is 3.37. The zero-order valence-electron chi connectivity index (χ0n) is 11.0. The molecule has 108 valence electrons. The van der Waals surface area contributed by atoms with E-state index < -0.39 is 12.0 Å². The van der Waals surface area contributed by atoms with E-state index in [1.807, 2.05) is 0 Å². The predicted molar refractivity (Wildman–Crippen MR) is 64.8 cm³/mol. The highest BCUT2D eigenvalue weighted by Gasteiger charge is 2.36. The Hall–Kier alpha value is -0.260. The second-order valence-corrected chi connectivity index (χ2v) is 5.10. The smallest absolute Gasteiger partial charge is 0.248 e. The van der Waals surface area contributed by atoms with Gasteiger partial charge in [0.25, 0.3) is 0 Å². The van der Waals surface area contributed by atoms with E-state index in [1.54, 1.807) is 7.11 Å². The van der Waals surface area contributed by atoms with Crippen LogP contribution in [0, 0.1) is 5.92 Å². The number of alkyl halides is 2. The molecule has 3 nitrogen and oxygen atoms in total. The summed E-state index contributed by atoms with van der Waals surface area (Å²) in [6.07, 6.45) is 1.72. The fourth-order valence-corrected chi connectivity index (χ4v) is 2.44. The Morgan fingerprint density at radius 2 is 2.11 bits per heavy atom. The first-order valence-corrected chi connectivity index (χ1v) is 6.66. The summed E-state index contributed by atoms with van der Waals surface area (Å²) in [6, 6.07) is 0. The molecule has 0 radical (unpaired) electrons. The van der Waals surface area contributed by atoms with E-state index in [1.165, 1.54) is 0 Å². The van der Waals surface area contributed by atoms with Gasteiger partial charge in [-0.3, -0.25) is 0 Å². The minimum atomic E-state index is -2.53. The molecule has 1 rings (SSSR count). The van der Waals surface area contributed by atoms with Gasteiger partial charge in [-0.2, -0.15) is 0 Å². The third-order valence-electron chi connectivity index (χ3n) is 3.37. The molecular formula is C13H24F2O3. The van der Waals surface area contributed by atoms with E-state index in [0.717, 1.165) is 6.42 Å². The largest absolute Gasteiger partial charge is 0.393 e. The van der Waals surface area contributed by atoms with Crippen molar-refractivity contribution >= 4 is 0 Å². The molecule has 0 saturated heterocycles. The van der Waals surface area contributed by atoms with E-state index in [4.69, 9.17) is 9.47 Å². The van der Waals surface area contributed by atoms with Gasteiger partial charge in [-0.1, -0.05) is 0 Å². The summed E-state index contributed by atoms with van der Waals surface area (Å²) in [6.45, 7) is 1.49. The molecule has 1 saturated carbocycles. The summed E-state index contributed by atoms with van der Waals surface area (Å²) in [4.78, 5) is 0. The fraction of sp³-hybridized carbons (Fsp3) is 1.00. The number of ether oxygens (including phenoxy) is 2. The molecule has 0 aliphatic heterocycles. The first kappa shape index (κ1) is 15.8. The van der Waals surface area contributed by atoms with E-state index in [-0.39, 0.29) is 18.8 Å². The van der Waals surface area contributed by atoms with Crippen molar-refractivity contribution in [2.45, 2.75) is 50.6 Å².